The van der Waals surface area contributed by atoms with Gasteiger partial charge in [-0.25, -0.2) is 4.98 Å². The molecule has 16 heavy (non-hydrogen) atoms. The van der Waals surface area contributed by atoms with E-state index in [-0.39, 0.29) is 0 Å². The summed E-state index contributed by atoms with van der Waals surface area (Å²) in [5.74, 6) is 0.749. The fraction of sp³-hybridized carbons (Fsp3) is 0.273. The largest absolute Gasteiger partial charge is 0.374 e. The van der Waals surface area contributed by atoms with E-state index >= 15 is 0 Å². The third-order valence-electron chi connectivity index (χ3n) is 2.12. The van der Waals surface area contributed by atoms with E-state index in [4.69, 9.17) is 17.0 Å². The number of nitrogens with one attached hydrogen (secondary N) is 2. The summed E-state index contributed by atoms with van der Waals surface area (Å²) in [7, 11) is 0. The first-order valence-electron chi connectivity index (χ1n) is 5.11. The van der Waals surface area contributed by atoms with Crippen LogP contribution in [0.3, 0.4) is 0 Å². The number of rotatable bonds is 4. The van der Waals surface area contributed by atoms with Crippen LogP contribution in [0.2, 0.25) is 0 Å². The number of aromatic amines is 2. The van der Waals surface area contributed by atoms with Crippen LogP contribution in [-0.4, -0.2) is 21.6 Å². The molecule has 0 aliphatic heterocycles. The quantitative estimate of drug-likeness (QED) is 0.801. The summed E-state index contributed by atoms with van der Waals surface area (Å²) in [6, 6.07) is 5.75. The molecule has 2 aromatic rings. The lowest BCUT2D eigenvalue weighted by Gasteiger charge is -2.04. The monoisotopic (exact) mass is 235 g/mol. The third kappa shape index (κ3) is 2.56. The number of ether oxygens (including phenoxy) is 1. The molecule has 0 aliphatic carbocycles. The Bertz CT molecular complexity index is 504. The molecule has 4 nitrogen and oxygen atoms in total. The molecule has 0 unspecified atom stereocenters. The number of nitrogens with zero attached hydrogens (tertiary/aromatic N) is 1. The molecule has 2 N–H and O–H groups in total. The zero-order chi connectivity index (χ0) is 11.4. The Morgan fingerprint density at radius 2 is 2.31 bits per heavy atom. The maximum absolute atomic E-state index is 5.30. The van der Waals surface area contributed by atoms with E-state index in [0.29, 0.717) is 17.9 Å². The van der Waals surface area contributed by atoms with Crippen molar-refractivity contribution in [2.24, 2.45) is 0 Å². The van der Waals surface area contributed by atoms with Crippen molar-refractivity contribution in [3.8, 4) is 11.4 Å². The summed E-state index contributed by atoms with van der Waals surface area (Å²) in [5.41, 5.74) is 1.92. The second-order valence-corrected chi connectivity index (χ2v) is 3.72. The highest BCUT2D eigenvalue weighted by Crippen LogP contribution is 2.14. The SMILES string of the molecule is CCOCc1nc(=S)cc(-c2ccc[nH]2)[nH]1. The van der Waals surface area contributed by atoms with Gasteiger partial charge in [0.05, 0.1) is 11.4 Å². The molecule has 0 amide bonds. The van der Waals surface area contributed by atoms with E-state index < -0.39 is 0 Å². The van der Waals surface area contributed by atoms with Gasteiger partial charge in [0, 0.05) is 18.9 Å². The molecule has 2 heterocycles. The van der Waals surface area contributed by atoms with Crippen molar-refractivity contribution in [3.05, 3.63) is 34.9 Å². The van der Waals surface area contributed by atoms with Crippen molar-refractivity contribution in [1.82, 2.24) is 15.0 Å². The van der Waals surface area contributed by atoms with Gasteiger partial charge in [-0.05, 0) is 19.1 Å². The topological polar surface area (TPSA) is 53.7 Å². The molecule has 0 saturated carbocycles. The Morgan fingerprint density at radius 1 is 1.44 bits per heavy atom. The van der Waals surface area contributed by atoms with Gasteiger partial charge >= 0.3 is 0 Å². The lowest BCUT2D eigenvalue weighted by atomic mass is 10.3. The summed E-state index contributed by atoms with van der Waals surface area (Å²) in [4.78, 5) is 10.5. The van der Waals surface area contributed by atoms with Crippen LogP contribution in [0.1, 0.15) is 12.7 Å². The fourth-order valence-electron chi connectivity index (χ4n) is 1.42. The smallest absolute Gasteiger partial charge is 0.134 e. The second kappa shape index (κ2) is 5.05. The summed E-state index contributed by atoms with van der Waals surface area (Å²) in [5, 5.41) is 0. The first-order chi connectivity index (χ1) is 7.79. The van der Waals surface area contributed by atoms with Gasteiger partial charge in [0.25, 0.3) is 0 Å². The molecule has 5 heteroatoms. The second-order valence-electron chi connectivity index (χ2n) is 3.30. The van der Waals surface area contributed by atoms with Crippen LogP contribution in [0.25, 0.3) is 11.4 Å². The Hall–Kier alpha value is -1.46. The Labute approximate surface area is 98.7 Å². The molecular formula is C11H13N3OS. The van der Waals surface area contributed by atoms with Crippen molar-refractivity contribution in [2.75, 3.05) is 6.61 Å². The molecule has 0 radical (unpaired) electrons. The molecule has 0 bridgehead atoms. The van der Waals surface area contributed by atoms with Gasteiger partial charge in [-0.3, -0.25) is 0 Å². The van der Waals surface area contributed by atoms with Gasteiger partial charge < -0.3 is 14.7 Å². The minimum Gasteiger partial charge on any atom is -0.374 e. The van der Waals surface area contributed by atoms with E-state index in [1.165, 1.54) is 0 Å². The van der Waals surface area contributed by atoms with E-state index in [0.717, 1.165) is 17.2 Å². The molecule has 2 aromatic heterocycles. The predicted octanol–water partition coefficient (Wildman–Crippen LogP) is 2.67. The minimum absolute atomic E-state index is 0.453. The van der Waals surface area contributed by atoms with Gasteiger partial charge in [-0.2, -0.15) is 0 Å². The van der Waals surface area contributed by atoms with Crippen LogP contribution in [-0.2, 0) is 11.3 Å². The van der Waals surface area contributed by atoms with Crippen LogP contribution < -0.4 is 0 Å². The Morgan fingerprint density at radius 3 is 3.00 bits per heavy atom. The zero-order valence-electron chi connectivity index (χ0n) is 8.99. The van der Waals surface area contributed by atoms with Gasteiger partial charge in [0.15, 0.2) is 0 Å². The molecule has 0 saturated heterocycles. The maximum Gasteiger partial charge on any atom is 0.134 e. The molecule has 0 atom stereocenters. The fourth-order valence-corrected chi connectivity index (χ4v) is 1.65. The van der Waals surface area contributed by atoms with Crippen molar-refractivity contribution in [3.63, 3.8) is 0 Å². The van der Waals surface area contributed by atoms with Gasteiger partial charge in [-0.1, -0.05) is 12.2 Å². The third-order valence-corrected chi connectivity index (χ3v) is 2.33. The summed E-state index contributed by atoms with van der Waals surface area (Å²) < 4.78 is 5.86. The van der Waals surface area contributed by atoms with Crippen LogP contribution in [0.15, 0.2) is 24.4 Å². The van der Waals surface area contributed by atoms with Crippen LogP contribution in [0.5, 0.6) is 0 Å². The van der Waals surface area contributed by atoms with Gasteiger partial charge in [0.2, 0.25) is 0 Å². The van der Waals surface area contributed by atoms with E-state index in [1.807, 2.05) is 31.3 Å². The lowest BCUT2D eigenvalue weighted by molar-refractivity contribution is 0.128. The number of hydrogen-bond acceptors (Lipinski definition) is 3. The Kier molecular flexibility index (Phi) is 3.48. The molecule has 2 rings (SSSR count). The molecular weight excluding hydrogens is 222 g/mol. The average Bonchev–Trinajstić information content (AvgIpc) is 2.79. The molecule has 0 spiro atoms. The predicted molar refractivity (Wildman–Crippen MR) is 64.5 cm³/mol. The highest BCUT2D eigenvalue weighted by Gasteiger charge is 2.02. The number of H-pyrrole nitrogens is 2. The van der Waals surface area contributed by atoms with Crippen molar-refractivity contribution < 1.29 is 4.74 Å². The van der Waals surface area contributed by atoms with Gasteiger partial charge in [0.1, 0.15) is 17.1 Å². The summed E-state index contributed by atoms with van der Waals surface area (Å²) in [6.45, 7) is 3.06. The summed E-state index contributed by atoms with van der Waals surface area (Å²) in [6.07, 6.45) is 1.87. The maximum atomic E-state index is 5.30. The van der Waals surface area contributed by atoms with E-state index in [2.05, 4.69) is 15.0 Å². The molecule has 0 aromatic carbocycles. The summed E-state index contributed by atoms with van der Waals surface area (Å²) >= 11 is 5.11. The van der Waals surface area contributed by atoms with Crippen molar-refractivity contribution >= 4 is 12.2 Å². The Balaban J connectivity index is 2.33. The lowest BCUT2D eigenvalue weighted by Crippen LogP contribution is -2.00. The number of hydrogen-bond donors (Lipinski definition) is 2. The normalized spacial score (nSPS) is 10.6. The van der Waals surface area contributed by atoms with Gasteiger partial charge in [-0.15, -0.1) is 0 Å². The van der Waals surface area contributed by atoms with E-state index in [9.17, 15) is 0 Å². The van der Waals surface area contributed by atoms with Crippen molar-refractivity contribution in [2.45, 2.75) is 13.5 Å². The first-order valence-corrected chi connectivity index (χ1v) is 5.52. The van der Waals surface area contributed by atoms with Crippen LogP contribution in [0, 0.1) is 4.64 Å². The van der Waals surface area contributed by atoms with Crippen molar-refractivity contribution in [1.29, 1.82) is 0 Å². The molecule has 84 valence electrons. The average molecular weight is 235 g/mol. The number of aromatic nitrogens is 3. The van der Waals surface area contributed by atoms with E-state index in [1.54, 1.807) is 0 Å². The highest BCUT2D eigenvalue weighted by atomic mass is 32.1. The van der Waals surface area contributed by atoms with Crippen LogP contribution >= 0.6 is 12.2 Å². The standard InChI is InChI=1S/C11H13N3OS/c1-2-15-7-10-13-9(6-11(16)14-10)8-4-3-5-12-8/h3-6,12H,2,7H2,1H3,(H,13,14,16). The minimum atomic E-state index is 0.453. The zero-order valence-corrected chi connectivity index (χ0v) is 9.80. The molecule has 0 aliphatic rings. The highest BCUT2D eigenvalue weighted by molar-refractivity contribution is 7.71. The molecule has 0 fully saturated rings. The van der Waals surface area contributed by atoms with Crippen LogP contribution in [0.4, 0.5) is 0 Å². The first kappa shape index (κ1) is 11.0.